The van der Waals surface area contributed by atoms with Gasteiger partial charge in [0, 0.05) is 18.8 Å². The van der Waals surface area contributed by atoms with E-state index in [1.54, 1.807) is 23.1 Å². The Morgan fingerprint density at radius 1 is 1.32 bits per heavy atom. The van der Waals surface area contributed by atoms with E-state index in [4.69, 9.17) is 17.3 Å². The number of halogens is 1. The summed E-state index contributed by atoms with van der Waals surface area (Å²) in [5.74, 6) is -0.372. The largest absolute Gasteiger partial charge is 0.339 e. The molecule has 0 heterocycles. The molecule has 0 atom stereocenters. The molecule has 2 rings (SSSR count). The van der Waals surface area contributed by atoms with E-state index in [1.165, 1.54) is 19.3 Å². The lowest BCUT2D eigenvalue weighted by molar-refractivity contribution is -0.114. The molecule has 0 spiro atoms. The van der Waals surface area contributed by atoms with Crippen LogP contribution in [0.4, 0.5) is 5.69 Å². The molecule has 0 saturated heterocycles. The Morgan fingerprint density at radius 3 is 2.59 bits per heavy atom. The zero-order chi connectivity index (χ0) is 16.1. The van der Waals surface area contributed by atoms with Crippen LogP contribution in [0, 0.1) is 0 Å². The molecule has 2 amide bonds. The Morgan fingerprint density at radius 2 is 2.00 bits per heavy atom. The van der Waals surface area contributed by atoms with Crippen molar-refractivity contribution in [3.05, 3.63) is 28.8 Å². The molecule has 0 aliphatic heterocycles. The van der Waals surface area contributed by atoms with Crippen LogP contribution in [-0.2, 0) is 4.79 Å². The Balaban J connectivity index is 2.10. The smallest absolute Gasteiger partial charge is 0.255 e. The van der Waals surface area contributed by atoms with Crippen LogP contribution in [0.3, 0.4) is 0 Å². The number of hydrogen-bond acceptors (Lipinski definition) is 3. The average molecular weight is 324 g/mol. The first kappa shape index (κ1) is 16.8. The van der Waals surface area contributed by atoms with Crippen molar-refractivity contribution in [2.75, 3.05) is 18.9 Å². The van der Waals surface area contributed by atoms with E-state index < -0.39 is 0 Å². The molecule has 0 radical (unpaired) electrons. The van der Waals surface area contributed by atoms with Crippen LogP contribution < -0.4 is 11.1 Å². The fraction of sp³-hybridized carbons (Fsp3) is 0.500. The van der Waals surface area contributed by atoms with Crippen LogP contribution in [0.2, 0.25) is 5.02 Å². The highest BCUT2D eigenvalue weighted by molar-refractivity contribution is 6.34. The lowest BCUT2D eigenvalue weighted by Gasteiger charge is -2.31. The summed E-state index contributed by atoms with van der Waals surface area (Å²) in [4.78, 5) is 25.7. The van der Waals surface area contributed by atoms with Crippen LogP contribution in [0.1, 0.15) is 42.5 Å². The third kappa shape index (κ3) is 3.99. The molecule has 120 valence electrons. The number of anilines is 1. The van der Waals surface area contributed by atoms with Gasteiger partial charge < -0.3 is 16.0 Å². The molecule has 0 bridgehead atoms. The molecule has 1 aromatic rings. The molecule has 1 aliphatic rings. The van der Waals surface area contributed by atoms with E-state index in [1.807, 2.05) is 7.05 Å². The minimum atomic E-state index is -0.297. The van der Waals surface area contributed by atoms with Crippen molar-refractivity contribution < 1.29 is 9.59 Å². The van der Waals surface area contributed by atoms with E-state index in [0.717, 1.165) is 12.8 Å². The van der Waals surface area contributed by atoms with Gasteiger partial charge in [0.25, 0.3) is 5.91 Å². The van der Waals surface area contributed by atoms with E-state index in [9.17, 15) is 9.59 Å². The molecule has 1 aromatic carbocycles. The second-order valence-corrected chi connectivity index (χ2v) is 6.06. The van der Waals surface area contributed by atoms with E-state index in [0.29, 0.717) is 16.3 Å². The van der Waals surface area contributed by atoms with Crippen LogP contribution >= 0.6 is 11.6 Å². The Hall–Kier alpha value is -1.59. The Labute approximate surface area is 135 Å². The summed E-state index contributed by atoms with van der Waals surface area (Å²) in [7, 11) is 1.83. The maximum Gasteiger partial charge on any atom is 0.255 e. The van der Waals surface area contributed by atoms with Gasteiger partial charge in [-0.3, -0.25) is 9.59 Å². The number of carbonyl (C=O) groups excluding carboxylic acids is 2. The van der Waals surface area contributed by atoms with Crippen molar-refractivity contribution in [1.29, 1.82) is 0 Å². The molecule has 0 unspecified atom stereocenters. The van der Waals surface area contributed by atoms with Gasteiger partial charge in [0.2, 0.25) is 5.91 Å². The number of rotatable bonds is 4. The van der Waals surface area contributed by atoms with Gasteiger partial charge in [-0.25, -0.2) is 0 Å². The number of amides is 2. The normalized spacial score (nSPS) is 15.4. The maximum atomic E-state index is 12.6. The second kappa shape index (κ2) is 7.61. The predicted octanol–water partition coefficient (Wildman–Crippen LogP) is 2.64. The van der Waals surface area contributed by atoms with Crippen LogP contribution in [-0.4, -0.2) is 36.3 Å². The fourth-order valence-corrected chi connectivity index (χ4v) is 3.06. The molecule has 6 heteroatoms. The summed E-state index contributed by atoms with van der Waals surface area (Å²) < 4.78 is 0. The van der Waals surface area contributed by atoms with Gasteiger partial charge in [-0.15, -0.1) is 0 Å². The van der Waals surface area contributed by atoms with Crippen molar-refractivity contribution in [2.45, 2.75) is 38.1 Å². The molecule has 1 aliphatic carbocycles. The number of nitrogens with one attached hydrogen (secondary N) is 1. The molecule has 1 saturated carbocycles. The quantitative estimate of drug-likeness (QED) is 0.894. The zero-order valence-corrected chi connectivity index (χ0v) is 13.5. The standard InChI is InChI=1S/C16H22ClN3O2/c1-20(12-5-3-2-4-6-12)16(22)13-8-7-11(9-14(13)17)19-15(21)10-18/h7-9,12H,2-6,10,18H2,1H3,(H,19,21). The lowest BCUT2D eigenvalue weighted by atomic mass is 9.94. The number of hydrogen-bond donors (Lipinski definition) is 2. The fourth-order valence-electron chi connectivity index (χ4n) is 2.80. The van der Waals surface area contributed by atoms with Crippen LogP contribution in [0.15, 0.2) is 18.2 Å². The zero-order valence-electron chi connectivity index (χ0n) is 12.8. The minimum Gasteiger partial charge on any atom is -0.339 e. The van der Waals surface area contributed by atoms with Crippen LogP contribution in [0.5, 0.6) is 0 Å². The second-order valence-electron chi connectivity index (χ2n) is 5.65. The number of benzene rings is 1. The van der Waals surface area contributed by atoms with Crippen molar-refractivity contribution in [1.82, 2.24) is 4.90 Å². The average Bonchev–Trinajstić information content (AvgIpc) is 2.54. The summed E-state index contributed by atoms with van der Waals surface area (Å²) >= 11 is 6.20. The van der Waals surface area contributed by atoms with Gasteiger partial charge in [0.1, 0.15) is 0 Å². The lowest BCUT2D eigenvalue weighted by Crippen LogP contribution is -2.38. The molecule has 3 N–H and O–H groups in total. The summed E-state index contributed by atoms with van der Waals surface area (Å²) in [6.07, 6.45) is 5.67. The number of carbonyl (C=O) groups is 2. The minimum absolute atomic E-state index is 0.0754. The molecule has 22 heavy (non-hydrogen) atoms. The summed E-state index contributed by atoms with van der Waals surface area (Å²) in [5, 5.41) is 2.95. The van der Waals surface area contributed by atoms with Gasteiger partial charge >= 0.3 is 0 Å². The van der Waals surface area contributed by atoms with Crippen molar-refractivity contribution in [2.24, 2.45) is 5.73 Å². The highest BCUT2D eigenvalue weighted by atomic mass is 35.5. The van der Waals surface area contributed by atoms with Crippen molar-refractivity contribution in [3.63, 3.8) is 0 Å². The highest BCUT2D eigenvalue weighted by Crippen LogP contribution is 2.26. The first-order chi connectivity index (χ1) is 10.5. The SMILES string of the molecule is CN(C(=O)c1ccc(NC(=O)CN)cc1Cl)C1CCCCC1. The van der Waals surface area contributed by atoms with E-state index >= 15 is 0 Å². The molecule has 1 fully saturated rings. The highest BCUT2D eigenvalue weighted by Gasteiger charge is 2.24. The topological polar surface area (TPSA) is 75.4 Å². The van der Waals surface area contributed by atoms with Crippen LogP contribution in [0.25, 0.3) is 0 Å². The maximum absolute atomic E-state index is 12.6. The molecule has 5 nitrogen and oxygen atoms in total. The molecular formula is C16H22ClN3O2. The third-order valence-corrected chi connectivity index (χ3v) is 4.42. The van der Waals surface area contributed by atoms with E-state index in [-0.39, 0.29) is 24.4 Å². The summed E-state index contributed by atoms with van der Waals surface area (Å²) in [6, 6.07) is 5.18. The van der Waals surface area contributed by atoms with Gasteiger partial charge in [-0.1, -0.05) is 30.9 Å². The molecule has 0 aromatic heterocycles. The third-order valence-electron chi connectivity index (χ3n) is 4.11. The summed E-state index contributed by atoms with van der Waals surface area (Å²) in [5.41, 5.74) is 6.25. The van der Waals surface area contributed by atoms with Gasteiger partial charge in [-0.05, 0) is 31.0 Å². The Bertz CT molecular complexity index is 556. The summed E-state index contributed by atoms with van der Waals surface area (Å²) in [6.45, 7) is -0.0945. The Kier molecular flexibility index (Phi) is 5.80. The first-order valence-corrected chi connectivity index (χ1v) is 7.97. The predicted molar refractivity (Wildman–Crippen MR) is 88.1 cm³/mol. The van der Waals surface area contributed by atoms with Gasteiger partial charge in [-0.2, -0.15) is 0 Å². The van der Waals surface area contributed by atoms with Crippen molar-refractivity contribution in [3.8, 4) is 0 Å². The van der Waals surface area contributed by atoms with E-state index in [2.05, 4.69) is 5.32 Å². The van der Waals surface area contributed by atoms with Crippen molar-refractivity contribution >= 4 is 29.1 Å². The van der Waals surface area contributed by atoms with Gasteiger partial charge in [0.15, 0.2) is 0 Å². The number of nitrogens with zero attached hydrogens (tertiary/aromatic N) is 1. The van der Waals surface area contributed by atoms with Gasteiger partial charge in [0.05, 0.1) is 17.1 Å². The molecular weight excluding hydrogens is 302 g/mol. The first-order valence-electron chi connectivity index (χ1n) is 7.59. The monoisotopic (exact) mass is 323 g/mol. The number of nitrogens with two attached hydrogens (primary N) is 1.